The van der Waals surface area contributed by atoms with Crippen molar-refractivity contribution in [1.29, 1.82) is 0 Å². The molecule has 1 saturated carbocycles. The molecule has 0 saturated heterocycles. The van der Waals surface area contributed by atoms with Crippen molar-refractivity contribution in [3.63, 3.8) is 0 Å². The average molecular weight is 306 g/mol. The number of aliphatic hydroxyl groups excluding tert-OH is 1. The van der Waals surface area contributed by atoms with E-state index in [1.165, 1.54) is 6.92 Å². The zero-order valence-electron chi connectivity index (χ0n) is 13.4. The quantitative estimate of drug-likeness (QED) is 0.751. The van der Waals surface area contributed by atoms with E-state index < -0.39 is 28.5 Å². The number of rotatable bonds is 2. The minimum absolute atomic E-state index is 0.00615. The molecule has 3 rings (SSSR count). The number of ketones is 1. The third kappa shape index (κ3) is 1.72. The molecule has 2 N–H and O–H groups in total. The van der Waals surface area contributed by atoms with Gasteiger partial charge in [-0.3, -0.25) is 9.59 Å². The maximum absolute atomic E-state index is 12.7. The number of carbonyl (C=O) groups excluding carboxylic acids is 2. The SMILES string of the molecule is CC(=O)OC[C@]1(C)C=C2C(=O)[C@](C)(O)C3(CC3)C(C)=C2[C@H]1O. The number of hydrogen-bond donors (Lipinski definition) is 2. The highest BCUT2D eigenvalue weighted by Crippen LogP contribution is 2.65. The number of ether oxygens (including phenoxy) is 1. The van der Waals surface area contributed by atoms with E-state index in [-0.39, 0.29) is 12.4 Å². The van der Waals surface area contributed by atoms with Gasteiger partial charge in [0, 0.05) is 17.9 Å². The van der Waals surface area contributed by atoms with Crippen molar-refractivity contribution in [3.8, 4) is 0 Å². The fourth-order valence-electron chi connectivity index (χ4n) is 4.03. The Labute approximate surface area is 129 Å². The standard InChI is InChI=1S/C17H22O5/c1-9-12-11(13(19)16(4,21)17(9)5-6-17)7-15(3,14(12)20)8-22-10(2)18/h7,14,20-21H,5-6,8H2,1-4H3/t14-,15+,16+/m1/s1. The molecule has 0 radical (unpaired) electrons. The summed E-state index contributed by atoms with van der Waals surface area (Å²) in [7, 11) is 0. The van der Waals surface area contributed by atoms with Gasteiger partial charge in [0.2, 0.25) is 0 Å². The lowest BCUT2D eigenvalue weighted by atomic mass is 9.67. The minimum Gasteiger partial charge on any atom is -0.465 e. The van der Waals surface area contributed by atoms with Crippen molar-refractivity contribution in [2.75, 3.05) is 6.61 Å². The number of hydrogen-bond acceptors (Lipinski definition) is 5. The Morgan fingerprint density at radius 2 is 2.00 bits per heavy atom. The fraction of sp³-hybridized carbons (Fsp3) is 0.647. The third-order valence-corrected chi connectivity index (χ3v) is 5.74. The first kappa shape index (κ1) is 15.4. The zero-order valence-corrected chi connectivity index (χ0v) is 13.4. The second kappa shape index (κ2) is 4.30. The van der Waals surface area contributed by atoms with Crippen LogP contribution in [-0.2, 0) is 14.3 Å². The van der Waals surface area contributed by atoms with Gasteiger partial charge in [0.05, 0.1) is 11.5 Å². The van der Waals surface area contributed by atoms with Crippen LogP contribution in [0.2, 0.25) is 0 Å². The molecule has 0 aliphatic heterocycles. The Hall–Kier alpha value is -1.46. The summed E-state index contributed by atoms with van der Waals surface area (Å²) < 4.78 is 5.06. The summed E-state index contributed by atoms with van der Waals surface area (Å²) in [5.41, 5.74) is -0.930. The molecule has 0 aromatic carbocycles. The molecule has 0 amide bonds. The lowest BCUT2D eigenvalue weighted by Gasteiger charge is -2.39. The molecule has 3 aliphatic carbocycles. The van der Waals surface area contributed by atoms with Gasteiger partial charge in [-0.2, -0.15) is 0 Å². The molecule has 5 heteroatoms. The second-order valence-electron chi connectivity index (χ2n) is 7.27. The minimum atomic E-state index is -1.43. The molecule has 0 unspecified atom stereocenters. The van der Waals surface area contributed by atoms with Gasteiger partial charge in [0.15, 0.2) is 5.78 Å². The number of Topliss-reactive ketones (excluding diaryl/α,β-unsaturated/α-hetero) is 1. The van der Waals surface area contributed by atoms with Crippen LogP contribution in [0.5, 0.6) is 0 Å². The zero-order chi connectivity index (χ0) is 16.5. The van der Waals surface area contributed by atoms with Crippen molar-refractivity contribution in [2.24, 2.45) is 10.8 Å². The van der Waals surface area contributed by atoms with Crippen LogP contribution in [0, 0.1) is 10.8 Å². The van der Waals surface area contributed by atoms with Gasteiger partial charge in [-0.25, -0.2) is 0 Å². The number of aliphatic hydroxyl groups is 2. The van der Waals surface area contributed by atoms with Gasteiger partial charge < -0.3 is 14.9 Å². The van der Waals surface area contributed by atoms with Crippen molar-refractivity contribution in [3.05, 3.63) is 22.8 Å². The summed E-state index contributed by atoms with van der Waals surface area (Å²) >= 11 is 0. The Bertz CT molecular complexity index is 635. The van der Waals surface area contributed by atoms with Crippen LogP contribution in [0.25, 0.3) is 0 Å². The highest BCUT2D eigenvalue weighted by molar-refractivity contribution is 6.09. The van der Waals surface area contributed by atoms with E-state index in [4.69, 9.17) is 4.74 Å². The fourth-order valence-corrected chi connectivity index (χ4v) is 4.03. The summed E-state index contributed by atoms with van der Waals surface area (Å²) in [4.78, 5) is 23.8. The second-order valence-corrected chi connectivity index (χ2v) is 7.27. The van der Waals surface area contributed by atoms with Crippen LogP contribution in [0.15, 0.2) is 22.8 Å². The Kier molecular flexibility index (Phi) is 3.01. The highest BCUT2D eigenvalue weighted by atomic mass is 16.5. The number of fused-ring (bicyclic) bond motifs is 1. The summed E-state index contributed by atoms with van der Waals surface area (Å²) in [6, 6.07) is 0. The Morgan fingerprint density at radius 3 is 2.50 bits per heavy atom. The first-order chi connectivity index (χ1) is 10.1. The molecule has 0 bridgehead atoms. The van der Waals surface area contributed by atoms with Crippen molar-refractivity contribution in [2.45, 2.75) is 52.2 Å². The van der Waals surface area contributed by atoms with Crippen molar-refractivity contribution >= 4 is 11.8 Å². The molecule has 120 valence electrons. The first-order valence-corrected chi connectivity index (χ1v) is 7.60. The molecular weight excluding hydrogens is 284 g/mol. The topological polar surface area (TPSA) is 83.8 Å². The molecule has 0 heterocycles. The smallest absolute Gasteiger partial charge is 0.302 e. The van der Waals surface area contributed by atoms with Crippen LogP contribution in [0.3, 0.4) is 0 Å². The Morgan fingerprint density at radius 1 is 1.41 bits per heavy atom. The van der Waals surface area contributed by atoms with Crippen LogP contribution in [0.4, 0.5) is 0 Å². The molecule has 0 aromatic rings. The van der Waals surface area contributed by atoms with Gasteiger partial charge in [-0.15, -0.1) is 0 Å². The molecular formula is C17H22O5. The summed E-state index contributed by atoms with van der Waals surface area (Å²) in [5, 5.41) is 21.5. The maximum atomic E-state index is 12.7. The predicted molar refractivity (Wildman–Crippen MR) is 78.8 cm³/mol. The van der Waals surface area contributed by atoms with Crippen LogP contribution >= 0.6 is 0 Å². The van der Waals surface area contributed by atoms with Crippen molar-refractivity contribution < 1.29 is 24.5 Å². The molecule has 1 fully saturated rings. The van der Waals surface area contributed by atoms with E-state index in [1.54, 1.807) is 19.9 Å². The van der Waals surface area contributed by atoms with E-state index in [2.05, 4.69) is 0 Å². The molecule has 22 heavy (non-hydrogen) atoms. The first-order valence-electron chi connectivity index (χ1n) is 7.60. The number of esters is 1. The molecule has 3 atom stereocenters. The highest BCUT2D eigenvalue weighted by Gasteiger charge is 2.66. The van der Waals surface area contributed by atoms with E-state index in [0.29, 0.717) is 11.1 Å². The lowest BCUT2D eigenvalue weighted by Crippen LogP contribution is -2.50. The lowest BCUT2D eigenvalue weighted by molar-refractivity contribution is -0.144. The predicted octanol–water partition coefficient (Wildman–Crippen LogP) is 1.29. The van der Waals surface area contributed by atoms with Crippen LogP contribution < -0.4 is 0 Å². The molecule has 1 spiro atoms. The molecule has 3 aliphatic rings. The third-order valence-electron chi connectivity index (χ3n) is 5.74. The van der Waals surface area contributed by atoms with Crippen LogP contribution in [0.1, 0.15) is 40.5 Å². The number of carbonyl (C=O) groups is 2. The van der Waals surface area contributed by atoms with E-state index in [1.807, 2.05) is 6.92 Å². The normalized spacial score (nSPS) is 38.9. The van der Waals surface area contributed by atoms with Crippen LogP contribution in [-0.4, -0.2) is 40.3 Å². The van der Waals surface area contributed by atoms with Gasteiger partial charge in [0.25, 0.3) is 0 Å². The summed E-state index contributed by atoms with van der Waals surface area (Å²) in [6.45, 7) is 6.53. The molecule has 0 aromatic heterocycles. The largest absolute Gasteiger partial charge is 0.465 e. The van der Waals surface area contributed by atoms with Crippen molar-refractivity contribution in [1.82, 2.24) is 0 Å². The van der Waals surface area contributed by atoms with E-state index in [9.17, 15) is 19.8 Å². The summed E-state index contributed by atoms with van der Waals surface area (Å²) in [6.07, 6.45) is 2.26. The average Bonchev–Trinajstić information content (AvgIpc) is 3.19. The molecule has 5 nitrogen and oxygen atoms in total. The maximum Gasteiger partial charge on any atom is 0.302 e. The van der Waals surface area contributed by atoms with Gasteiger partial charge in [-0.1, -0.05) is 11.6 Å². The summed E-state index contributed by atoms with van der Waals surface area (Å²) in [5.74, 6) is -0.763. The van der Waals surface area contributed by atoms with Gasteiger partial charge in [0.1, 0.15) is 12.2 Å². The monoisotopic (exact) mass is 306 g/mol. The van der Waals surface area contributed by atoms with Gasteiger partial charge >= 0.3 is 5.97 Å². The van der Waals surface area contributed by atoms with E-state index in [0.717, 1.165) is 18.4 Å². The Balaban J connectivity index is 2.08. The van der Waals surface area contributed by atoms with Gasteiger partial charge in [-0.05, 0) is 39.2 Å². The van der Waals surface area contributed by atoms with E-state index >= 15 is 0 Å².